The van der Waals surface area contributed by atoms with Crippen LogP contribution in [0.3, 0.4) is 0 Å². The molecule has 0 aromatic heterocycles. The smallest absolute Gasteiger partial charge is 0.0609 e. The third-order valence-electron chi connectivity index (χ3n) is 3.77. The lowest BCUT2D eigenvalue weighted by molar-refractivity contribution is 0.0531. The third kappa shape index (κ3) is 0.957. The van der Waals surface area contributed by atoms with Gasteiger partial charge in [0.2, 0.25) is 0 Å². The van der Waals surface area contributed by atoms with Crippen molar-refractivity contribution in [2.24, 2.45) is 17.8 Å². The Morgan fingerprint density at radius 3 is 2.75 bits per heavy atom. The van der Waals surface area contributed by atoms with Crippen molar-refractivity contribution in [3.63, 3.8) is 0 Å². The molecule has 3 aliphatic rings. The molecule has 66 valence electrons. The van der Waals surface area contributed by atoms with E-state index in [1.807, 2.05) is 0 Å². The first-order chi connectivity index (χ1) is 5.93. The van der Waals surface area contributed by atoms with E-state index in [9.17, 15) is 0 Å². The van der Waals surface area contributed by atoms with Gasteiger partial charge in [0.15, 0.2) is 0 Å². The summed E-state index contributed by atoms with van der Waals surface area (Å²) >= 11 is 0. The minimum Gasteiger partial charge on any atom is -0.378 e. The molecule has 0 N–H and O–H groups in total. The summed E-state index contributed by atoms with van der Waals surface area (Å²) in [5, 5.41) is 0. The Hall–Kier alpha value is -0.300. The first-order valence-corrected chi connectivity index (χ1v) is 5.23. The van der Waals surface area contributed by atoms with Crippen molar-refractivity contribution >= 4 is 0 Å². The first kappa shape index (κ1) is 7.14. The molecular formula is C11H16O. The maximum absolute atomic E-state index is 5.76. The van der Waals surface area contributed by atoms with Crippen molar-refractivity contribution in [1.82, 2.24) is 0 Å². The first-order valence-electron chi connectivity index (χ1n) is 5.23. The van der Waals surface area contributed by atoms with Crippen LogP contribution in [0.25, 0.3) is 0 Å². The molecule has 1 nitrogen and oxygen atoms in total. The third-order valence-corrected chi connectivity index (χ3v) is 3.77. The molecule has 1 saturated carbocycles. The number of ether oxygens (including phenoxy) is 1. The summed E-state index contributed by atoms with van der Waals surface area (Å²) in [6.07, 6.45) is 10.9. The SMILES string of the molecule is C1=CC2CC1CC2C1CCCO1. The van der Waals surface area contributed by atoms with Crippen LogP contribution in [0, 0.1) is 17.8 Å². The lowest BCUT2D eigenvalue weighted by atomic mass is 9.87. The number of hydrogen-bond acceptors (Lipinski definition) is 1. The zero-order chi connectivity index (χ0) is 7.97. The van der Waals surface area contributed by atoms with E-state index in [0.29, 0.717) is 6.10 Å². The summed E-state index contributed by atoms with van der Waals surface area (Å²) in [7, 11) is 0. The van der Waals surface area contributed by atoms with Crippen molar-refractivity contribution in [3.05, 3.63) is 12.2 Å². The van der Waals surface area contributed by atoms with Gasteiger partial charge in [0.1, 0.15) is 0 Å². The highest BCUT2D eigenvalue weighted by Gasteiger charge is 2.41. The molecule has 2 fully saturated rings. The predicted octanol–water partition coefficient (Wildman–Crippen LogP) is 2.38. The molecule has 1 heteroatoms. The molecule has 0 radical (unpaired) electrons. The second-order valence-electron chi connectivity index (χ2n) is 4.50. The molecule has 0 spiro atoms. The van der Waals surface area contributed by atoms with E-state index in [1.54, 1.807) is 0 Å². The molecule has 1 saturated heterocycles. The molecule has 3 rings (SSSR count). The second kappa shape index (κ2) is 2.59. The lowest BCUT2D eigenvalue weighted by Crippen LogP contribution is -2.23. The summed E-state index contributed by atoms with van der Waals surface area (Å²) in [6, 6.07) is 0. The van der Waals surface area contributed by atoms with Crippen LogP contribution in [0.4, 0.5) is 0 Å². The van der Waals surface area contributed by atoms with Gasteiger partial charge in [-0.05, 0) is 43.4 Å². The quantitative estimate of drug-likeness (QED) is 0.541. The Labute approximate surface area is 73.8 Å². The highest BCUT2D eigenvalue weighted by molar-refractivity contribution is 5.11. The normalized spacial score (nSPS) is 50.7. The monoisotopic (exact) mass is 164 g/mol. The van der Waals surface area contributed by atoms with Crippen LogP contribution >= 0.6 is 0 Å². The van der Waals surface area contributed by atoms with Crippen molar-refractivity contribution in [1.29, 1.82) is 0 Å². The Bertz CT molecular complexity index is 203. The fraction of sp³-hybridized carbons (Fsp3) is 0.818. The number of allylic oxidation sites excluding steroid dienone is 2. The molecule has 2 aliphatic carbocycles. The largest absolute Gasteiger partial charge is 0.378 e. The van der Waals surface area contributed by atoms with Crippen LogP contribution in [-0.2, 0) is 4.74 Å². The number of rotatable bonds is 1. The molecule has 0 amide bonds. The molecule has 12 heavy (non-hydrogen) atoms. The van der Waals surface area contributed by atoms with Crippen molar-refractivity contribution < 1.29 is 4.74 Å². The Morgan fingerprint density at radius 1 is 1.17 bits per heavy atom. The van der Waals surface area contributed by atoms with Gasteiger partial charge < -0.3 is 4.74 Å². The molecular weight excluding hydrogens is 148 g/mol. The molecule has 4 atom stereocenters. The standard InChI is InChI=1S/C11H16O/c1-2-11(12-5-1)10-7-8-3-4-9(10)6-8/h3-4,8-11H,1-2,5-7H2. The van der Waals surface area contributed by atoms with E-state index >= 15 is 0 Å². The van der Waals surface area contributed by atoms with Gasteiger partial charge >= 0.3 is 0 Å². The average Bonchev–Trinajstić information content (AvgIpc) is 2.81. The van der Waals surface area contributed by atoms with Gasteiger partial charge in [-0.25, -0.2) is 0 Å². The van der Waals surface area contributed by atoms with Crippen LogP contribution in [0.1, 0.15) is 25.7 Å². The van der Waals surface area contributed by atoms with Gasteiger partial charge in [-0.15, -0.1) is 0 Å². The molecule has 1 aliphatic heterocycles. The van der Waals surface area contributed by atoms with Crippen LogP contribution in [0.2, 0.25) is 0 Å². The zero-order valence-corrected chi connectivity index (χ0v) is 7.41. The van der Waals surface area contributed by atoms with E-state index in [1.165, 1.54) is 25.7 Å². The van der Waals surface area contributed by atoms with E-state index in [0.717, 1.165) is 24.4 Å². The van der Waals surface area contributed by atoms with E-state index in [4.69, 9.17) is 4.74 Å². The van der Waals surface area contributed by atoms with Gasteiger partial charge in [-0.1, -0.05) is 12.2 Å². The minimum absolute atomic E-state index is 0.616. The minimum atomic E-state index is 0.616. The fourth-order valence-electron chi connectivity index (χ4n) is 3.19. The van der Waals surface area contributed by atoms with Crippen LogP contribution in [-0.4, -0.2) is 12.7 Å². The Kier molecular flexibility index (Phi) is 1.54. The zero-order valence-electron chi connectivity index (χ0n) is 7.41. The summed E-state index contributed by atoms with van der Waals surface area (Å²) < 4.78 is 5.76. The highest BCUT2D eigenvalue weighted by atomic mass is 16.5. The Balaban J connectivity index is 1.74. The molecule has 4 unspecified atom stereocenters. The van der Waals surface area contributed by atoms with Crippen LogP contribution in [0.5, 0.6) is 0 Å². The molecule has 0 aromatic rings. The van der Waals surface area contributed by atoms with Gasteiger partial charge in [-0.2, -0.15) is 0 Å². The molecule has 0 aromatic carbocycles. The molecule has 1 heterocycles. The highest BCUT2D eigenvalue weighted by Crippen LogP contribution is 2.47. The lowest BCUT2D eigenvalue weighted by Gasteiger charge is -2.23. The van der Waals surface area contributed by atoms with Gasteiger partial charge in [0.05, 0.1) is 6.10 Å². The molecule has 2 bridgehead atoms. The summed E-state index contributed by atoms with van der Waals surface area (Å²) in [6.45, 7) is 1.02. The number of hydrogen-bond donors (Lipinski definition) is 0. The van der Waals surface area contributed by atoms with Crippen LogP contribution < -0.4 is 0 Å². The van der Waals surface area contributed by atoms with Crippen molar-refractivity contribution in [2.45, 2.75) is 31.8 Å². The fourth-order valence-corrected chi connectivity index (χ4v) is 3.19. The van der Waals surface area contributed by atoms with Crippen molar-refractivity contribution in [2.75, 3.05) is 6.61 Å². The van der Waals surface area contributed by atoms with Crippen LogP contribution in [0.15, 0.2) is 12.2 Å². The summed E-state index contributed by atoms with van der Waals surface area (Å²) in [4.78, 5) is 0. The Morgan fingerprint density at radius 2 is 2.17 bits per heavy atom. The van der Waals surface area contributed by atoms with Gasteiger partial charge in [0.25, 0.3) is 0 Å². The van der Waals surface area contributed by atoms with Gasteiger partial charge in [0, 0.05) is 6.61 Å². The summed E-state index contributed by atoms with van der Waals surface area (Å²) in [5.41, 5.74) is 0. The van der Waals surface area contributed by atoms with E-state index in [-0.39, 0.29) is 0 Å². The van der Waals surface area contributed by atoms with E-state index < -0.39 is 0 Å². The number of fused-ring (bicyclic) bond motifs is 2. The van der Waals surface area contributed by atoms with E-state index in [2.05, 4.69) is 12.2 Å². The van der Waals surface area contributed by atoms with Gasteiger partial charge in [-0.3, -0.25) is 0 Å². The maximum atomic E-state index is 5.76. The predicted molar refractivity (Wildman–Crippen MR) is 47.8 cm³/mol. The second-order valence-corrected chi connectivity index (χ2v) is 4.50. The summed E-state index contributed by atoms with van der Waals surface area (Å²) in [5.74, 6) is 2.66. The topological polar surface area (TPSA) is 9.23 Å². The van der Waals surface area contributed by atoms with Crippen molar-refractivity contribution in [3.8, 4) is 0 Å². The maximum Gasteiger partial charge on any atom is 0.0609 e. The average molecular weight is 164 g/mol.